The Labute approximate surface area is 156 Å². The van der Waals surface area contributed by atoms with Gasteiger partial charge in [0, 0.05) is 44.2 Å². The zero-order valence-corrected chi connectivity index (χ0v) is 15.4. The van der Waals surface area contributed by atoms with Crippen LogP contribution < -0.4 is 9.80 Å². The molecule has 2 atom stereocenters. The molecule has 5 nitrogen and oxygen atoms in total. The summed E-state index contributed by atoms with van der Waals surface area (Å²) in [7, 11) is 0. The summed E-state index contributed by atoms with van der Waals surface area (Å²) < 4.78 is 1.27. The summed E-state index contributed by atoms with van der Waals surface area (Å²) in [6.07, 6.45) is 1.78. The normalized spacial score (nSPS) is 22.0. The predicted octanol–water partition coefficient (Wildman–Crippen LogP) is 3.44. The van der Waals surface area contributed by atoms with Crippen molar-refractivity contribution in [2.45, 2.75) is 6.92 Å². The SMILES string of the molecule is Cc1cccc2sc(N3CC4CN(c5ncccc5C#N)CC4C3)nc12. The first-order valence-corrected chi connectivity index (χ1v) is 9.76. The number of thiazole rings is 1. The lowest BCUT2D eigenvalue weighted by atomic mass is 10.0. The van der Waals surface area contributed by atoms with Crippen molar-refractivity contribution in [3.63, 3.8) is 0 Å². The predicted molar refractivity (Wildman–Crippen MR) is 105 cm³/mol. The summed E-state index contributed by atoms with van der Waals surface area (Å²) in [5.74, 6) is 2.06. The maximum Gasteiger partial charge on any atom is 0.186 e. The third-order valence-electron chi connectivity index (χ3n) is 5.57. The number of pyridine rings is 1. The molecular formula is C20H19N5S. The summed E-state index contributed by atoms with van der Waals surface area (Å²) in [5.41, 5.74) is 3.05. The first-order valence-electron chi connectivity index (χ1n) is 8.94. The zero-order valence-electron chi connectivity index (χ0n) is 14.6. The Hall–Kier alpha value is -2.65. The molecule has 0 N–H and O–H groups in total. The summed E-state index contributed by atoms with van der Waals surface area (Å²) in [6.45, 7) is 6.14. The highest BCUT2D eigenvalue weighted by Gasteiger charge is 2.41. The Morgan fingerprint density at radius 1 is 1.08 bits per heavy atom. The standard InChI is InChI=1S/C20H19N5S/c1-13-4-2-6-17-18(13)23-20(26-17)25-11-15-9-24(10-16(15)12-25)19-14(8-21)5-3-7-22-19/h2-7,15-16H,9-12H2,1H3. The summed E-state index contributed by atoms with van der Waals surface area (Å²) >= 11 is 1.80. The van der Waals surface area contributed by atoms with Crippen LogP contribution in [-0.4, -0.2) is 36.1 Å². The van der Waals surface area contributed by atoms with Crippen molar-refractivity contribution in [2.24, 2.45) is 11.8 Å². The minimum atomic E-state index is 0.608. The number of nitriles is 1. The molecule has 3 aromatic rings. The number of rotatable bonds is 2. The Bertz CT molecular complexity index is 1010. The number of hydrogen-bond acceptors (Lipinski definition) is 6. The molecule has 0 aliphatic carbocycles. The van der Waals surface area contributed by atoms with E-state index in [1.54, 1.807) is 17.5 Å². The highest BCUT2D eigenvalue weighted by molar-refractivity contribution is 7.22. The molecular weight excluding hydrogens is 342 g/mol. The smallest absolute Gasteiger partial charge is 0.186 e. The topological polar surface area (TPSA) is 56.0 Å². The number of nitrogens with zero attached hydrogens (tertiary/aromatic N) is 5. The van der Waals surface area contributed by atoms with Gasteiger partial charge >= 0.3 is 0 Å². The zero-order chi connectivity index (χ0) is 17.7. The minimum Gasteiger partial charge on any atom is -0.355 e. The minimum absolute atomic E-state index is 0.608. The van der Waals surface area contributed by atoms with Crippen LogP contribution in [0.25, 0.3) is 10.2 Å². The molecule has 1 aromatic carbocycles. The first kappa shape index (κ1) is 15.6. The van der Waals surface area contributed by atoms with Crippen LogP contribution in [0.2, 0.25) is 0 Å². The molecule has 0 amide bonds. The van der Waals surface area contributed by atoms with Gasteiger partial charge in [-0.2, -0.15) is 5.26 Å². The highest BCUT2D eigenvalue weighted by atomic mass is 32.1. The van der Waals surface area contributed by atoms with Crippen LogP contribution in [-0.2, 0) is 0 Å². The molecule has 2 aliphatic heterocycles. The van der Waals surface area contributed by atoms with E-state index in [1.807, 2.05) is 12.1 Å². The van der Waals surface area contributed by atoms with E-state index < -0.39 is 0 Å². The average Bonchev–Trinajstić information content (AvgIpc) is 3.34. The molecule has 2 fully saturated rings. The number of para-hydroxylation sites is 1. The summed E-state index contributed by atoms with van der Waals surface area (Å²) in [6, 6.07) is 12.3. The molecule has 6 heteroatoms. The van der Waals surface area contributed by atoms with Gasteiger partial charge in [-0.15, -0.1) is 0 Å². The molecule has 5 rings (SSSR count). The summed E-state index contributed by atoms with van der Waals surface area (Å²) in [4.78, 5) is 14.1. The molecule has 26 heavy (non-hydrogen) atoms. The third-order valence-corrected chi connectivity index (χ3v) is 6.65. The average molecular weight is 361 g/mol. The van der Waals surface area contributed by atoms with Crippen molar-refractivity contribution in [1.29, 1.82) is 5.26 Å². The van der Waals surface area contributed by atoms with E-state index in [9.17, 15) is 5.26 Å². The van der Waals surface area contributed by atoms with E-state index in [1.165, 1.54) is 10.3 Å². The molecule has 0 bridgehead atoms. The second-order valence-electron chi connectivity index (χ2n) is 7.23. The fourth-order valence-corrected chi connectivity index (χ4v) is 5.33. The van der Waals surface area contributed by atoms with Crippen LogP contribution in [0.1, 0.15) is 11.1 Å². The van der Waals surface area contributed by atoms with E-state index in [0.717, 1.165) is 42.6 Å². The van der Waals surface area contributed by atoms with Crippen LogP contribution in [0, 0.1) is 30.1 Å². The van der Waals surface area contributed by atoms with Crippen molar-refractivity contribution < 1.29 is 0 Å². The van der Waals surface area contributed by atoms with E-state index in [4.69, 9.17) is 4.98 Å². The van der Waals surface area contributed by atoms with E-state index in [2.05, 4.69) is 46.0 Å². The van der Waals surface area contributed by atoms with Gasteiger partial charge in [-0.05, 0) is 30.7 Å². The number of hydrogen-bond donors (Lipinski definition) is 0. The second kappa shape index (κ2) is 5.96. The lowest BCUT2D eigenvalue weighted by Crippen LogP contribution is -2.29. The number of aromatic nitrogens is 2. The van der Waals surface area contributed by atoms with Crippen LogP contribution in [0.15, 0.2) is 36.5 Å². The molecule has 130 valence electrons. The van der Waals surface area contributed by atoms with Gasteiger partial charge in [-0.1, -0.05) is 23.5 Å². The Morgan fingerprint density at radius 3 is 2.58 bits per heavy atom. The van der Waals surface area contributed by atoms with E-state index in [0.29, 0.717) is 17.4 Å². The van der Waals surface area contributed by atoms with Crippen molar-refractivity contribution in [2.75, 3.05) is 36.0 Å². The lowest BCUT2D eigenvalue weighted by Gasteiger charge is -2.22. The molecule has 2 aromatic heterocycles. The lowest BCUT2D eigenvalue weighted by molar-refractivity contribution is 0.533. The quantitative estimate of drug-likeness (QED) is 0.700. The maximum absolute atomic E-state index is 9.33. The number of benzene rings is 1. The van der Waals surface area contributed by atoms with Crippen molar-refractivity contribution in [3.05, 3.63) is 47.7 Å². The van der Waals surface area contributed by atoms with Gasteiger partial charge in [0.15, 0.2) is 5.13 Å². The van der Waals surface area contributed by atoms with Crippen LogP contribution in [0.5, 0.6) is 0 Å². The first-order chi connectivity index (χ1) is 12.7. The maximum atomic E-state index is 9.33. The molecule has 2 aliphatic rings. The highest BCUT2D eigenvalue weighted by Crippen LogP contribution is 2.39. The molecule has 2 saturated heterocycles. The van der Waals surface area contributed by atoms with Gasteiger partial charge < -0.3 is 9.80 Å². The second-order valence-corrected chi connectivity index (χ2v) is 8.24. The van der Waals surface area contributed by atoms with Crippen LogP contribution in [0.4, 0.5) is 10.9 Å². The Kier molecular flexibility index (Phi) is 3.57. The Balaban J connectivity index is 1.35. The van der Waals surface area contributed by atoms with Crippen molar-refractivity contribution in [1.82, 2.24) is 9.97 Å². The summed E-state index contributed by atoms with van der Waals surface area (Å²) in [5, 5.41) is 10.5. The van der Waals surface area contributed by atoms with Gasteiger partial charge in [-0.25, -0.2) is 9.97 Å². The molecule has 0 radical (unpaired) electrons. The fraction of sp³-hybridized carbons (Fsp3) is 0.350. The van der Waals surface area contributed by atoms with Crippen LogP contribution >= 0.6 is 11.3 Å². The van der Waals surface area contributed by atoms with Crippen molar-refractivity contribution >= 4 is 32.5 Å². The molecule has 2 unspecified atom stereocenters. The number of fused-ring (bicyclic) bond motifs is 2. The van der Waals surface area contributed by atoms with E-state index >= 15 is 0 Å². The van der Waals surface area contributed by atoms with Gasteiger partial charge in [0.05, 0.1) is 15.8 Å². The number of aryl methyl sites for hydroxylation is 1. The van der Waals surface area contributed by atoms with Crippen LogP contribution in [0.3, 0.4) is 0 Å². The monoisotopic (exact) mass is 361 g/mol. The largest absolute Gasteiger partial charge is 0.355 e. The van der Waals surface area contributed by atoms with Gasteiger partial charge in [0.1, 0.15) is 11.9 Å². The molecule has 0 spiro atoms. The van der Waals surface area contributed by atoms with E-state index in [-0.39, 0.29) is 0 Å². The molecule has 4 heterocycles. The van der Waals surface area contributed by atoms with Gasteiger partial charge in [0.25, 0.3) is 0 Å². The number of anilines is 2. The Morgan fingerprint density at radius 2 is 1.85 bits per heavy atom. The fourth-order valence-electron chi connectivity index (χ4n) is 4.27. The van der Waals surface area contributed by atoms with Gasteiger partial charge in [-0.3, -0.25) is 0 Å². The van der Waals surface area contributed by atoms with Gasteiger partial charge in [0.2, 0.25) is 0 Å². The third kappa shape index (κ3) is 2.43. The van der Waals surface area contributed by atoms with Crippen molar-refractivity contribution in [3.8, 4) is 6.07 Å². The molecule has 0 saturated carbocycles.